The van der Waals surface area contributed by atoms with Crippen LogP contribution in [0.4, 0.5) is 10.5 Å². The molecule has 0 radical (unpaired) electrons. The fourth-order valence-electron chi connectivity index (χ4n) is 4.39. The van der Waals surface area contributed by atoms with E-state index in [1.807, 2.05) is 26.0 Å². The molecular weight excluding hydrogens is 545 g/mol. The van der Waals surface area contributed by atoms with Crippen LogP contribution in [0.25, 0.3) is 11.1 Å². The van der Waals surface area contributed by atoms with Crippen molar-refractivity contribution in [2.45, 2.75) is 39.8 Å². The van der Waals surface area contributed by atoms with Gasteiger partial charge in [0, 0.05) is 30.2 Å². The van der Waals surface area contributed by atoms with Crippen LogP contribution in [0.1, 0.15) is 32.8 Å². The molecule has 10 nitrogen and oxygen atoms in total. The molecule has 1 heterocycles. The van der Waals surface area contributed by atoms with E-state index in [2.05, 4.69) is 10.3 Å². The van der Waals surface area contributed by atoms with Crippen LogP contribution in [-0.4, -0.2) is 51.4 Å². The first-order valence-electron chi connectivity index (χ1n) is 13.3. The maximum atomic E-state index is 13.9. The van der Waals surface area contributed by atoms with Crippen molar-refractivity contribution < 1.29 is 33.7 Å². The van der Waals surface area contributed by atoms with Gasteiger partial charge in [-0.2, -0.15) is 0 Å². The summed E-state index contributed by atoms with van der Waals surface area (Å²) in [6.45, 7) is 5.13. The normalized spacial score (nSPS) is 14.0. The van der Waals surface area contributed by atoms with E-state index < -0.39 is 49.7 Å². The van der Waals surface area contributed by atoms with Crippen LogP contribution in [-0.2, 0) is 25.5 Å². The quantitative estimate of drug-likeness (QED) is 0.228. The molecule has 0 spiro atoms. The molecule has 11 heteroatoms. The van der Waals surface area contributed by atoms with E-state index in [4.69, 9.17) is 4.74 Å². The van der Waals surface area contributed by atoms with Crippen LogP contribution in [0.3, 0.4) is 0 Å². The topological polar surface area (TPSA) is 146 Å². The summed E-state index contributed by atoms with van der Waals surface area (Å²) in [5.74, 6) is -2.79. The van der Waals surface area contributed by atoms with E-state index in [1.165, 1.54) is 6.92 Å². The minimum absolute atomic E-state index is 0.00151. The van der Waals surface area contributed by atoms with Crippen molar-refractivity contribution in [3.63, 3.8) is 0 Å². The van der Waals surface area contributed by atoms with Gasteiger partial charge in [-0.3, -0.25) is 19.2 Å². The van der Waals surface area contributed by atoms with Crippen molar-refractivity contribution >= 4 is 31.0 Å². The molecule has 1 aromatic heterocycles. The van der Waals surface area contributed by atoms with E-state index in [-0.39, 0.29) is 18.9 Å². The molecule has 2 amide bonds. The molecule has 2 unspecified atom stereocenters. The largest absolute Gasteiger partial charge is 0.480 e. The minimum Gasteiger partial charge on any atom is -0.480 e. The number of alkyl carbamates (subject to hydrolysis) is 1. The Hall–Kier alpha value is -4.01. The third kappa shape index (κ3) is 9.55. The molecule has 218 valence electrons. The van der Waals surface area contributed by atoms with Crippen molar-refractivity contribution in [1.29, 1.82) is 0 Å². The Morgan fingerprint density at radius 1 is 0.976 bits per heavy atom. The Bertz CT molecular complexity index is 1350. The first-order valence-corrected chi connectivity index (χ1v) is 15.3. The molecule has 2 aromatic carbocycles. The number of hydrogen-bond acceptors (Lipinski definition) is 6. The molecule has 0 aliphatic carbocycles. The van der Waals surface area contributed by atoms with Crippen LogP contribution >= 0.6 is 7.37 Å². The van der Waals surface area contributed by atoms with E-state index in [1.54, 1.807) is 67.0 Å². The van der Waals surface area contributed by atoms with Gasteiger partial charge in [0.2, 0.25) is 13.3 Å². The lowest BCUT2D eigenvalue weighted by Gasteiger charge is -2.32. The van der Waals surface area contributed by atoms with Gasteiger partial charge < -0.3 is 20.1 Å². The number of carbonyl (C=O) groups excluding carboxylic acids is 2. The Balaban J connectivity index is 1.76. The number of benzene rings is 2. The van der Waals surface area contributed by atoms with E-state index >= 15 is 0 Å². The number of amides is 2. The van der Waals surface area contributed by atoms with Crippen LogP contribution in [0, 0.1) is 11.8 Å². The summed E-state index contributed by atoms with van der Waals surface area (Å²) in [7, 11) is -4.06. The number of anilines is 1. The second-order valence-corrected chi connectivity index (χ2v) is 12.6. The molecule has 0 aliphatic rings. The number of carboxylic acids is 1. The minimum atomic E-state index is -4.06. The maximum absolute atomic E-state index is 13.9. The molecule has 3 rings (SSSR count). The highest BCUT2D eigenvalue weighted by atomic mass is 31.2. The zero-order chi connectivity index (χ0) is 30.0. The molecule has 0 bridgehead atoms. The van der Waals surface area contributed by atoms with Gasteiger partial charge in [-0.05, 0) is 54.2 Å². The lowest BCUT2D eigenvalue weighted by atomic mass is 9.96. The van der Waals surface area contributed by atoms with Crippen molar-refractivity contribution in [1.82, 2.24) is 10.3 Å². The first-order chi connectivity index (χ1) is 19.5. The summed E-state index contributed by atoms with van der Waals surface area (Å²) in [4.78, 5) is 54.0. The molecule has 0 fully saturated rings. The Morgan fingerprint density at radius 3 is 2.24 bits per heavy atom. The Morgan fingerprint density at radius 2 is 1.66 bits per heavy atom. The molecule has 0 saturated heterocycles. The number of hydrogen-bond donors (Lipinski definition) is 3. The molecule has 41 heavy (non-hydrogen) atoms. The molecule has 3 N–H and O–H groups in total. The highest BCUT2D eigenvalue weighted by Gasteiger charge is 2.36. The second-order valence-electron chi connectivity index (χ2n) is 10.3. The van der Waals surface area contributed by atoms with Gasteiger partial charge >= 0.3 is 12.1 Å². The van der Waals surface area contributed by atoms with Crippen molar-refractivity contribution in [2.24, 2.45) is 11.8 Å². The van der Waals surface area contributed by atoms with E-state index in [0.29, 0.717) is 5.69 Å². The third-order valence-corrected chi connectivity index (χ3v) is 8.08. The standard InChI is InChI=1S/C30H36N3O7P/c1-21(2)16-26(19-41(38,39)20-32-30(37)40-18-23-8-5-4-6-9-23)28(34)33(22(3)29(35)36)27-13-11-24(12-14-27)25-10-7-15-31-17-25/h4-15,17,21-22,26H,16,18-20H2,1-3H3,(H,32,37)(H,35,36)(H,38,39)/t22-,26?/m0/s1. The number of nitrogens with zero attached hydrogens (tertiary/aromatic N) is 2. The van der Waals surface area contributed by atoms with Gasteiger partial charge in [-0.15, -0.1) is 0 Å². The summed E-state index contributed by atoms with van der Waals surface area (Å²) in [6.07, 6.45) is 1.73. The smallest absolute Gasteiger partial charge is 0.407 e. The zero-order valence-electron chi connectivity index (χ0n) is 23.3. The number of aromatic nitrogens is 1. The van der Waals surface area contributed by atoms with Crippen LogP contribution < -0.4 is 10.2 Å². The average Bonchev–Trinajstić information content (AvgIpc) is 2.95. The number of nitrogens with one attached hydrogen (secondary N) is 1. The first kappa shape index (κ1) is 31.5. The number of ether oxygens (including phenoxy) is 1. The zero-order valence-corrected chi connectivity index (χ0v) is 24.2. The highest BCUT2D eigenvalue weighted by molar-refractivity contribution is 7.58. The average molecular weight is 582 g/mol. The number of rotatable bonds is 13. The lowest BCUT2D eigenvalue weighted by Crippen LogP contribution is -2.47. The summed E-state index contributed by atoms with van der Waals surface area (Å²) in [5, 5.41) is 12.1. The van der Waals surface area contributed by atoms with Gasteiger partial charge in [0.15, 0.2) is 0 Å². The van der Waals surface area contributed by atoms with Gasteiger partial charge in [-0.25, -0.2) is 9.59 Å². The summed E-state index contributed by atoms with van der Waals surface area (Å²) < 4.78 is 18.3. The predicted molar refractivity (Wildman–Crippen MR) is 157 cm³/mol. The number of pyridine rings is 1. The number of carboxylic acid groups (broad SMARTS) is 1. The van der Waals surface area contributed by atoms with E-state index in [9.17, 15) is 28.9 Å². The Kier molecular flexibility index (Phi) is 11.2. The molecular formula is C30H36N3O7P. The highest BCUT2D eigenvalue weighted by Crippen LogP contribution is 2.43. The van der Waals surface area contributed by atoms with Crippen molar-refractivity contribution in [3.05, 3.63) is 84.7 Å². The summed E-state index contributed by atoms with van der Waals surface area (Å²) >= 11 is 0. The van der Waals surface area contributed by atoms with E-state index in [0.717, 1.165) is 21.6 Å². The van der Waals surface area contributed by atoms with Crippen LogP contribution in [0.5, 0.6) is 0 Å². The molecule has 3 aromatic rings. The van der Waals surface area contributed by atoms with Crippen molar-refractivity contribution in [2.75, 3.05) is 17.3 Å². The second kappa shape index (κ2) is 14.6. The molecule has 0 saturated carbocycles. The van der Waals surface area contributed by atoms with Gasteiger partial charge in [0.05, 0.1) is 6.29 Å². The fraction of sp³-hybridized carbons (Fsp3) is 0.333. The van der Waals surface area contributed by atoms with Crippen LogP contribution in [0.15, 0.2) is 79.1 Å². The summed E-state index contributed by atoms with van der Waals surface area (Å²) in [6, 6.07) is 18.3. The number of aliphatic carboxylic acids is 1. The van der Waals surface area contributed by atoms with Gasteiger partial charge in [0.25, 0.3) is 0 Å². The Labute approximate surface area is 239 Å². The SMILES string of the molecule is CC(C)CC(CP(=O)(O)CNC(=O)OCc1ccccc1)C(=O)N(c1ccc(-c2cccnc2)cc1)[C@@H](C)C(=O)O. The van der Waals surface area contributed by atoms with Crippen LogP contribution in [0.2, 0.25) is 0 Å². The predicted octanol–water partition coefficient (Wildman–Crippen LogP) is 5.37. The van der Waals surface area contributed by atoms with Gasteiger partial charge in [-0.1, -0.05) is 62.4 Å². The lowest BCUT2D eigenvalue weighted by molar-refractivity contribution is -0.140. The summed E-state index contributed by atoms with van der Waals surface area (Å²) in [5.41, 5.74) is 2.80. The molecule has 0 aliphatic heterocycles. The fourth-order valence-corrected chi connectivity index (χ4v) is 5.89. The maximum Gasteiger partial charge on any atom is 0.407 e. The van der Waals surface area contributed by atoms with Gasteiger partial charge in [0.1, 0.15) is 12.6 Å². The third-order valence-electron chi connectivity index (χ3n) is 6.42. The molecule has 3 atom stereocenters. The number of carbonyl (C=O) groups is 3. The van der Waals surface area contributed by atoms with Crippen molar-refractivity contribution in [3.8, 4) is 11.1 Å². The monoisotopic (exact) mass is 581 g/mol.